The van der Waals surface area contributed by atoms with Crippen molar-refractivity contribution in [2.24, 2.45) is 11.8 Å². The molecule has 2 aromatic rings. The van der Waals surface area contributed by atoms with E-state index >= 15 is 0 Å². The number of aryl methyl sites for hydroxylation is 3. The number of Topliss-reactive ketones (excluding diaryl/α,β-unsaturated/α-hetero) is 1. The van der Waals surface area contributed by atoms with Crippen molar-refractivity contribution in [3.8, 4) is 0 Å². The molecule has 1 N–H and O–H groups in total. The molecule has 0 aromatic heterocycles. The summed E-state index contributed by atoms with van der Waals surface area (Å²) in [7, 11) is 0. The summed E-state index contributed by atoms with van der Waals surface area (Å²) in [4.78, 5) is 13.6. The Hall–Kier alpha value is -2.10. The number of aliphatic hydroxyl groups excluding tert-OH is 1. The average molecular weight is 423 g/mol. The smallest absolute Gasteiger partial charge is 0.173 e. The quantitative estimate of drug-likeness (QED) is 0.676. The van der Waals surface area contributed by atoms with Gasteiger partial charge in [-0.15, -0.1) is 0 Å². The average Bonchev–Trinajstić information content (AvgIpc) is 3.39. The number of aliphatic hydroxyl groups is 1. The highest BCUT2D eigenvalue weighted by molar-refractivity contribution is 6.30. The van der Waals surface area contributed by atoms with E-state index in [1.165, 1.54) is 5.56 Å². The highest BCUT2D eigenvalue weighted by Crippen LogP contribution is 2.58. The van der Waals surface area contributed by atoms with Gasteiger partial charge in [0.1, 0.15) is 5.76 Å². The van der Waals surface area contributed by atoms with Crippen molar-refractivity contribution in [3.05, 3.63) is 75.0 Å². The number of carbonyl (C=O) groups excluding carboxylic acids is 1. The lowest BCUT2D eigenvalue weighted by Crippen LogP contribution is -2.33. The second-order valence-corrected chi connectivity index (χ2v) is 9.31. The maximum atomic E-state index is 13.6. The maximum absolute atomic E-state index is 13.6. The molecule has 2 aromatic carbocycles. The van der Waals surface area contributed by atoms with E-state index in [2.05, 4.69) is 39.0 Å². The first-order valence-corrected chi connectivity index (χ1v) is 11.3. The van der Waals surface area contributed by atoms with Crippen LogP contribution in [0.2, 0.25) is 5.02 Å². The Balaban J connectivity index is 1.60. The predicted molar refractivity (Wildman–Crippen MR) is 119 cm³/mol. The van der Waals surface area contributed by atoms with Gasteiger partial charge in [0.05, 0.1) is 29.6 Å². The molecule has 2 saturated heterocycles. The van der Waals surface area contributed by atoms with Crippen LogP contribution >= 0.6 is 11.6 Å². The Bertz CT molecular complexity index is 1040. The topological polar surface area (TPSA) is 46.5 Å². The number of ketones is 1. The number of fused-ring (bicyclic) bond motifs is 5. The first kappa shape index (κ1) is 19.8. The summed E-state index contributed by atoms with van der Waals surface area (Å²) in [5.41, 5.74) is 6.11. The fourth-order valence-corrected chi connectivity index (χ4v) is 6.19. The molecule has 0 radical (unpaired) electrons. The summed E-state index contributed by atoms with van der Waals surface area (Å²) in [6.07, 6.45) is 2.14. The minimum atomic E-state index is -0.267. The highest BCUT2D eigenvalue weighted by atomic mass is 35.5. The van der Waals surface area contributed by atoms with E-state index in [1.807, 2.05) is 18.2 Å². The fraction of sp³-hybridized carbons (Fsp3) is 0.423. The zero-order valence-corrected chi connectivity index (χ0v) is 18.4. The van der Waals surface area contributed by atoms with Crippen molar-refractivity contribution in [3.63, 3.8) is 0 Å². The van der Waals surface area contributed by atoms with Gasteiger partial charge < -0.3 is 9.84 Å². The first-order chi connectivity index (χ1) is 14.4. The molecule has 0 amide bonds. The Labute approximate surface area is 182 Å². The molecule has 4 heteroatoms. The van der Waals surface area contributed by atoms with Crippen LogP contribution in [0.1, 0.15) is 54.0 Å². The van der Waals surface area contributed by atoms with E-state index in [1.54, 1.807) is 0 Å². The summed E-state index contributed by atoms with van der Waals surface area (Å²) in [5, 5.41) is 12.1. The Morgan fingerprint density at radius 1 is 1.10 bits per heavy atom. The van der Waals surface area contributed by atoms with E-state index in [0.29, 0.717) is 10.6 Å². The number of hydrogen-bond acceptors (Lipinski definition) is 3. The molecule has 0 spiro atoms. The van der Waals surface area contributed by atoms with Crippen LogP contribution in [0.3, 0.4) is 0 Å². The van der Waals surface area contributed by atoms with E-state index in [-0.39, 0.29) is 41.5 Å². The van der Waals surface area contributed by atoms with E-state index in [4.69, 9.17) is 16.3 Å². The van der Waals surface area contributed by atoms with Gasteiger partial charge in [-0.3, -0.25) is 4.79 Å². The Morgan fingerprint density at radius 3 is 2.43 bits per heavy atom. The molecule has 5 atom stereocenters. The molecule has 0 saturated carbocycles. The zero-order chi connectivity index (χ0) is 21.2. The molecular formula is C26H27ClO3. The lowest BCUT2D eigenvalue weighted by atomic mass is 9.72. The van der Waals surface area contributed by atoms with Crippen molar-refractivity contribution < 1.29 is 14.6 Å². The minimum Gasteiger partial charge on any atom is -0.511 e. The molecule has 30 heavy (non-hydrogen) atoms. The molecular weight excluding hydrogens is 396 g/mol. The molecule has 5 rings (SSSR count). The Kier molecular flexibility index (Phi) is 4.79. The number of halogens is 1. The van der Waals surface area contributed by atoms with Crippen LogP contribution in [0.25, 0.3) is 5.57 Å². The van der Waals surface area contributed by atoms with Crippen molar-refractivity contribution in [2.75, 3.05) is 0 Å². The molecule has 3 aliphatic rings. The van der Waals surface area contributed by atoms with Crippen molar-refractivity contribution >= 4 is 23.0 Å². The van der Waals surface area contributed by atoms with E-state index < -0.39 is 0 Å². The SMILES string of the molecule is CCc1cc(C)cc(CC)c1C1=C(O)[C@@H]2C3OC(CC3c3cccc(Cl)c3)[C@@H]2C1=O. The number of benzene rings is 2. The van der Waals surface area contributed by atoms with Crippen molar-refractivity contribution in [1.82, 2.24) is 0 Å². The molecule has 2 heterocycles. The van der Waals surface area contributed by atoms with Gasteiger partial charge in [-0.1, -0.05) is 55.3 Å². The molecule has 3 nitrogen and oxygen atoms in total. The fourth-order valence-electron chi connectivity index (χ4n) is 5.99. The van der Waals surface area contributed by atoms with Gasteiger partial charge in [0.2, 0.25) is 0 Å². The second-order valence-electron chi connectivity index (χ2n) is 8.88. The lowest BCUT2D eigenvalue weighted by Gasteiger charge is -2.27. The molecule has 156 valence electrons. The van der Waals surface area contributed by atoms with E-state index in [0.717, 1.165) is 41.5 Å². The van der Waals surface area contributed by atoms with Crippen LogP contribution in [0.15, 0.2) is 42.2 Å². The standard InChI is InChI=1S/C26H27ClO3/c1-4-14-9-13(3)10-15(5-2)20(14)22-24(28)21-19-12-18(16-7-6-8-17(27)11-16)26(30-19)23(21)25(22)29/h6-11,18-19,21,23,26,29H,4-5,12H2,1-3H3/t18?,19?,21-,23+,26?/m0/s1. The Morgan fingerprint density at radius 2 is 1.80 bits per heavy atom. The van der Waals surface area contributed by atoms with Gasteiger partial charge in [-0.2, -0.15) is 0 Å². The molecule has 2 aliphatic heterocycles. The number of hydrogen-bond donors (Lipinski definition) is 1. The van der Waals surface area contributed by atoms with Crippen LogP contribution < -0.4 is 0 Å². The second kappa shape index (κ2) is 7.25. The van der Waals surface area contributed by atoms with Gasteiger partial charge in [0.25, 0.3) is 0 Å². The number of rotatable bonds is 4. The minimum absolute atomic E-state index is 0.0581. The zero-order valence-electron chi connectivity index (χ0n) is 17.6. The molecule has 2 bridgehead atoms. The summed E-state index contributed by atoms with van der Waals surface area (Å²) in [5.74, 6) is -0.0825. The van der Waals surface area contributed by atoms with Gasteiger partial charge in [-0.05, 0) is 60.6 Å². The van der Waals surface area contributed by atoms with Crippen molar-refractivity contribution in [2.45, 2.75) is 58.2 Å². The van der Waals surface area contributed by atoms with E-state index in [9.17, 15) is 9.90 Å². The molecule has 3 unspecified atom stereocenters. The summed E-state index contributed by atoms with van der Waals surface area (Å²) in [6.45, 7) is 6.31. The summed E-state index contributed by atoms with van der Waals surface area (Å²) < 4.78 is 6.25. The van der Waals surface area contributed by atoms with Gasteiger partial charge >= 0.3 is 0 Å². The lowest BCUT2D eigenvalue weighted by molar-refractivity contribution is -0.118. The van der Waals surface area contributed by atoms with Crippen LogP contribution in [0.5, 0.6) is 0 Å². The van der Waals surface area contributed by atoms with Crippen LogP contribution in [0, 0.1) is 18.8 Å². The normalized spacial score (nSPS) is 29.7. The van der Waals surface area contributed by atoms with Crippen LogP contribution in [-0.2, 0) is 22.4 Å². The third kappa shape index (κ3) is 2.79. The third-order valence-electron chi connectivity index (χ3n) is 7.21. The largest absolute Gasteiger partial charge is 0.511 e. The van der Waals surface area contributed by atoms with Crippen molar-refractivity contribution in [1.29, 1.82) is 0 Å². The van der Waals surface area contributed by atoms with Crippen LogP contribution in [-0.4, -0.2) is 23.1 Å². The summed E-state index contributed by atoms with van der Waals surface area (Å²) in [6, 6.07) is 12.2. The summed E-state index contributed by atoms with van der Waals surface area (Å²) >= 11 is 6.22. The van der Waals surface area contributed by atoms with Gasteiger partial charge in [-0.25, -0.2) is 0 Å². The highest BCUT2D eigenvalue weighted by Gasteiger charge is 2.62. The molecule has 2 fully saturated rings. The van der Waals surface area contributed by atoms with Gasteiger partial charge in [0.15, 0.2) is 5.78 Å². The predicted octanol–water partition coefficient (Wildman–Crippen LogP) is 5.81. The molecule has 1 aliphatic carbocycles. The number of allylic oxidation sites excluding steroid dienone is 1. The number of ether oxygens (including phenoxy) is 1. The van der Waals surface area contributed by atoms with Crippen LogP contribution in [0.4, 0.5) is 0 Å². The monoisotopic (exact) mass is 422 g/mol. The first-order valence-electron chi connectivity index (χ1n) is 11.0. The maximum Gasteiger partial charge on any atom is 0.173 e. The third-order valence-corrected chi connectivity index (χ3v) is 7.45. The number of carbonyl (C=O) groups is 1. The van der Waals surface area contributed by atoms with Gasteiger partial charge in [0, 0.05) is 10.9 Å².